The molecule has 26 heavy (non-hydrogen) atoms. The minimum atomic E-state index is -0.443. The number of nitrogens with zero attached hydrogens (tertiary/aromatic N) is 2. The van der Waals surface area contributed by atoms with Crippen LogP contribution in [0.5, 0.6) is 0 Å². The molecule has 1 fully saturated rings. The summed E-state index contributed by atoms with van der Waals surface area (Å²) in [4.78, 5) is 31.1. The number of rotatable bonds is 5. The maximum Gasteiger partial charge on any atom is 0.242 e. The Morgan fingerprint density at radius 1 is 1.19 bits per heavy atom. The highest BCUT2D eigenvalue weighted by Crippen LogP contribution is 2.31. The van der Waals surface area contributed by atoms with Crippen LogP contribution in [0.25, 0.3) is 0 Å². The molecule has 2 aromatic carbocycles. The molecular formula is C19H18IN3O2S. The topological polar surface area (TPSA) is 61.8 Å². The van der Waals surface area contributed by atoms with Crippen molar-refractivity contribution < 1.29 is 9.59 Å². The molecule has 0 bridgehead atoms. The number of hydrogen-bond acceptors (Lipinski definition) is 4. The highest BCUT2D eigenvalue weighted by Gasteiger charge is 2.38. The molecule has 0 aliphatic carbocycles. The molecule has 1 saturated heterocycles. The van der Waals surface area contributed by atoms with Crippen LogP contribution in [0.15, 0.2) is 59.6 Å². The molecule has 0 aromatic heterocycles. The van der Waals surface area contributed by atoms with Crippen molar-refractivity contribution in [3.63, 3.8) is 0 Å². The molecule has 7 heteroatoms. The molecule has 0 spiro atoms. The number of carbonyl (C=O) groups excluding carboxylic acids is 2. The van der Waals surface area contributed by atoms with E-state index < -0.39 is 5.25 Å². The Bertz CT molecular complexity index is 824. The van der Waals surface area contributed by atoms with E-state index in [1.54, 1.807) is 4.90 Å². The van der Waals surface area contributed by atoms with Crippen molar-refractivity contribution in [1.29, 1.82) is 0 Å². The van der Waals surface area contributed by atoms with E-state index in [1.165, 1.54) is 11.8 Å². The standard InChI is InChI=1S/C19H18IN3O2S/c1-2-23-18(25)16(12-17(24)21-14-6-4-3-5-7-14)26-19(23)22-15-10-8-13(20)9-11-15/h3-11,16H,2,12H2,1H3,(H,21,24). The van der Waals surface area contributed by atoms with E-state index in [0.717, 1.165) is 14.9 Å². The molecule has 1 aliphatic heterocycles. The average molecular weight is 479 g/mol. The van der Waals surface area contributed by atoms with E-state index in [4.69, 9.17) is 0 Å². The smallest absolute Gasteiger partial charge is 0.242 e. The van der Waals surface area contributed by atoms with Crippen LogP contribution in [-0.4, -0.2) is 33.7 Å². The molecule has 2 aromatic rings. The van der Waals surface area contributed by atoms with Gasteiger partial charge in [0.25, 0.3) is 0 Å². The molecule has 2 amide bonds. The van der Waals surface area contributed by atoms with Crippen molar-refractivity contribution in [3.8, 4) is 0 Å². The number of thioether (sulfide) groups is 1. The molecule has 0 radical (unpaired) electrons. The molecular weight excluding hydrogens is 461 g/mol. The minimum absolute atomic E-state index is 0.0648. The maximum atomic E-state index is 12.6. The van der Waals surface area contributed by atoms with Gasteiger partial charge in [-0.2, -0.15) is 0 Å². The van der Waals surface area contributed by atoms with E-state index >= 15 is 0 Å². The molecule has 1 heterocycles. The van der Waals surface area contributed by atoms with Crippen LogP contribution in [0.4, 0.5) is 11.4 Å². The fourth-order valence-corrected chi connectivity index (χ4v) is 4.13. The SMILES string of the molecule is CCN1C(=O)C(CC(=O)Nc2ccccc2)SC1=Nc1ccc(I)cc1. The van der Waals surface area contributed by atoms with Crippen LogP contribution in [0, 0.1) is 3.57 Å². The van der Waals surface area contributed by atoms with Gasteiger partial charge in [0, 0.05) is 22.2 Å². The first-order valence-corrected chi connectivity index (χ1v) is 10.2. The highest BCUT2D eigenvalue weighted by molar-refractivity contribution is 14.1. The van der Waals surface area contributed by atoms with Gasteiger partial charge in [-0.15, -0.1) is 0 Å². The summed E-state index contributed by atoms with van der Waals surface area (Å²) in [5.41, 5.74) is 1.53. The molecule has 1 unspecified atom stereocenters. The van der Waals surface area contributed by atoms with E-state index in [1.807, 2.05) is 61.5 Å². The Morgan fingerprint density at radius 2 is 1.88 bits per heavy atom. The zero-order valence-electron chi connectivity index (χ0n) is 14.2. The number of aliphatic imine (C=N–C) groups is 1. The molecule has 1 aliphatic rings. The fraction of sp³-hybridized carbons (Fsp3) is 0.211. The normalized spacial score (nSPS) is 18.4. The number of para-hydroxylation sites is 1. The number of amides is 2. The van der Waals surface area contributed by atoms with Crippen molar-refractivity contribution in [2.24, 2.45) is 4.99 Å². The Labute approximate surface area is 170 Å². The van der Waals surface area contributed by atoms with Gasteiger partial charge in [0.2, 0.25) is 11.8 Å². The van der Waals surface area contributed by atoms with Crippen molar-refractivity contribution in [1.82, 2.24) is 4.90 Å². The Balaban J connectivity index is 1.70. The quantitative estimate of drug-likeness (QED) is 0.652. The highest BCUT2D eigenvalue weighted by atomic mass is 127. The van der Waals surface area contributed by atoms with Crippen LogP contribution in [0.1, 0.15) is 13.3 Å². The zero-order chi connectivity index (χ0) is 18.5. The van der Waals surface area contributed by atoms with Gasteiger partial charge in [-0.3, -0.25) is 14.5 Å². The Kier molecular flexibility index (Phi) is 6.31. The molecule has 5 nitrogen and oxygen atoms in total. The number of carbonyl (C=O) groups is 2. The first kappa shape index (κ1) is 18.9. The second-order valence-electron chi connectivity index (χ2n) is 5.68. The third-order valence-corrected chi connectivity index (χ3v) is 5.71. The summed E-state index contributed by atoms with van der Waals surface area (Å²) in [5.74, 6) is -0.237. The minimum Gasteiger partial charge on any atom is -0.326 e. The molecule has 134 valence electrons. The predicted octanol–water partition coefficient (Wildman–Crippen LogP) is 4.27. The summed E-state index contributed by atoms with van der Waals surface area (Å²) in [6.07, 6.45) is 0.126. The van der Waals surface area contributed by atoms with Crippen LogP contribution < -0.4 is 5.32 Å². The first-order chi connectivity index (χ1) is 12.6. The summed E-state index contributed by atoms with van der Waals surface area (Å²) in [6.45, 7) is 2.44. The number of amidine groups is 1. The molecule has 1 N–H and O–H groups in total. The third kappa shape index (κ3) is 4.64. The lowest BCUT2D eigenvalue weighted by molar-refractivity contribution is -0.128. The van der Waals surface area contributed by atoms with Crippen molar-refractivity contribution in [2.45, 2.75) is 18.6 Å². The Morgan fingerprint density at radius 3 is 2.54 bits per heavy atom. The number of anilines is 1. The fourth-order valence-electron chi connectivity index (χ4n) is 2.54. The van der Waals surface area contributed by atoms with E-state index in [9.17, 15) is 9.59 Å². The summed E-state index contributed by atoms with van der Waals surface area (Å²) >= 11 is 3.59. The van der Waals surface area contributed by atoms with Gasteiger partial charge in [0.05, 0.1) is 5.69 Å². The Hall–Kier alpha value is -1.87. The predicted molar refractivity (Wildman–Crippen MR) is 115 cm³/mol. The lowest BCUT2D eigenvalue weighted by Gasteiger charge is -2.13. The van der Waals surface area contributed by atoms with Gasteiger partial charge in [0.1, 0.15) is 5.25 Å². The molecule has 0 saturated carbocycles. The summed E-state index contributed by atoms with van der Waals surface area (Å²) in [7, 11) is 0. The van der Waals surface area contributed by atoms with Gasteiger partial charge in [-0.25, -0.2) is 4.99 Å². The van der Waals surface area contributed by atoms with E-state index in [0.29, 0.717) is 11.7 Å². The van der Waals surface area contributed by atoms with Crippen molar-refractivity contribution >= 4 is 62.7 Å². The van der Waals surface area contributed by atoms with Crippen molar-refractivity contribution in [3.05, 3.63) is 58.2 Å². The summed E-state index contributed by atoms with van der Waals surface area (Å²) in [6, 6.07) is 17.0. The van der Waals surface area contributed by atoms with Gasteiger partial charge in [-0.05, 0) is 65.9 Å². The van der Waals surface area contributed by atoms with E-state index in [2.05, 4.69) is 32.9 Å². The number of benzene rings is 2. The first-order valence-electron chi connectivity index (χ1n) is 8.24. The number of halogens is 1. The zero-order valence-corrected chi connectivity index (χ0v) is 17.2. The van der Waals surface area contributed by atoms with Crippen LogP contribution in [0.2, 0.25) is 0 Å². The van der Waals surface area contributed by atoms with Crippen LogP contribution >= 0.6 is 34.4 Å². The van der Waals surface area contributed by atoms with Crippen LogP contribution in [0.3, 0.4) is 0 Å². The van der Waals surface area contributed by atoms with Gasteiger partial charge in [0.15, 0.2) is 5.17 Å². The van der Waals surface area contributed by atoms with Gasteiger partial charge < -0.3 is 5.32 Å². The molecule has 1 atom stereocenters. The summed E-state index contributed by atoms with van der Waals surface area (Å²) in [5, 5.41) is 3.04. The van der Waals surface area contributed by atoms with Crippen LogP contribution in [-0.2, 0) is 9.59 Å². The largest absolute Gasteiger partial charge is 0.326 e. The third-order valence-electron chi connectivity index (χ3n) is 3.82. The maximum absolute atomic E-state index is 12.6. The monoisotopic (exact) mass is 479 g/mol. The van der Waals surface area contributed by atoms with E-state index in [-0.39, 0.29) is 18.2 Å². The number of nitrogens with one attached hydrogen (secondary N) is 1. The van der Waals surface area contributed by atoms with Gasteiger partial charge in [-0.1, -0.05) is 30.0 Å². The average Bonchev–Trinajstić information content (AvgIpc) is 2.92. The molecule has 3 rings (SSSR count). The summed E-state index contributed by atoms with van der Waals surface area (Å²) < 4.78 is 1.13. The second kappa shape index (κ2) is 8.68. The second-order valence-corrected chi connectivity index (χ2v) is 8.09. The van der Waals surface area contributed by atoms with Crippen molar-refractivity contribution in [2.75, 3.05) is 11.9 Å². The van der Waals surface area contributed by atoms with Gasteiger partial charge >= 0.3 is 0 Å². The lowest BCUT2D eigenvalue weighted by Crippen LogP contribution is -2.33. The lowest BCUT2D eigenvalue weighted by atomic mass is 10.2. The number of hydrogen-bond donors (Lipinski definition) is 1.